The van der Waals surface area contributed by atoms with Crippen molar-refractivity contribution in [3.8, 4) is 17.2 Å². The Morgan fingerprint density at radius 1 is 1.04 bits per heavy atom. The molecule has 1 atom stereocenters. The summed E-state index contributed by atoms with van der Waals surface area (Å²) in [6.45, 7) is 3.68. The SMILES string of the molecule is COc1ccc(NC(=O)[C@H](C)Oc2cccc(C)c2)cc1OC. The summed E-state index contributed by atoms with van der Waals surface area (Å²) in [7, 11) is 3.11. The molecular formula is C18H21NO4. The number of rotatable bonds is 6. The summed E-state index contributed by atoms with van der Waals surface area (Å²) in [5, 5.41) is 2.80. The van der Waals surface area contributed by atoms with Gasteiger partial charge >= 0.3 is 0 Å². The molecule has 2 aromatic carbocycles. The molecule has 0 aliphatic rings. The molecule has 5 nitrogen and oxygen atoms in total. The molecule has 0 fully saturated rings. The third-order valence-corrected chi connectivity index (χ3v) is 3.32. The topological polar surface area (TPSA) is 56.8 Å². The molecule has 0 saturated heterocycles. The second kappa shape index (κ2) is 7.54. The van der Waals surface area contributed by atoms with Crippen molar-refractivity contribution in [2.75, 3.05) is 19.5 Å². The molecule has 1 N–H and O–H groups in total. The number of carbonyl (C=O) groups is 1. The average molecular weight is 315 g/mol. The number of aryl methyl sites for hydroxylation is 1. The Balaban J connectivity index is 2.03. The Hall–Kier alpha value is -2.69. The second-order valence-corrected chi connectivity index (χ2v) is 5.14. The van der Waals surface area contributed by atoms with Crippen molar-refractivity contribution >= 4 is 11.6 Å². The molecular weight excluding hydrogens is 294 g/mol. The van der Waals surface area contributed by atoms with Crippen molar-refractivity contribution in [1.29, 1.82) is 0 Å². The molecule has 1 amide bonds. The Kier molecular flexibility index (Phi) is 5.46. The van der Waals surface area contributed by atoms with Crippen LogP contribution in [0.1, 0.15) is 12.5 Å². The fourth-order valence-corrected chi connectivity index (χ4v) is 2.10. The van der Waals surface area contributed by atoms with Crippen LogP contribution in [0.2, 0.25) is 0 Å². The van der Waals surface area contributed by atoms with Crippen LogP contribution >= 0.6 is 0 Å². The molecule has 0 heterocycles. The van der Waals surface area contributed by atoms with E-state index in [2.05, 4.69) is 5.32 Å². The van der Waals surface area contributed by atoms with E-state index >= 15 is 0 Å². The van der Waals surface area contributed by atoms with Gasteiger partial charge in [0.1, 0.15) is 5.75 Å². The Labute approximate surface area is 136 Å². The third-order valence-electron chi connectivity index (χ3n) is 3.32. The zero-order valence-corrected chi connectivity index (χ0v) is 13.8. The molecule has 0 saturated carbocycles. The van der Waals surface area contributed by atoms with Crippen LogP contribution in [0, 0.1) is 6.92 Å². The molecule has 0 aromatic heterocycles. The van der Waals surface area contributed by atoms with Gasteiger partial charge in [-0.2, -0.15) is 0 Å². The zero-order valence-electron chi connectivity index (χ0n) is 13.8. The van der Waals surface area contributed by atoms with Gasteiger partial charge < -0.3 is 19.5 Å². The van der Waals surface area contributed by atoms with Gasteiger partial charge in [0.15, 0.2) is 17.6 Å². The van der Waals surface area contributed by atoms with Crippen molar-refractivity contribution in [3.05, 3.63) is 48.0 Å². The minimum Gasteiger partial charge on any atom is -0.493 e. The molecule has 0 aliphatic heterocycles. The van der Waals surface area contributed by atoms with Crippen LogP contribution in [0.4, 0.5) is 5.69 Å². The Morgan fingerprint density at radius 2 is 1.78 bits per heavy atom. The number of anilines is 1. The van der Waals surface area contributed by atoms with E-state index in [1.165, 1.54) is 0 Å². The molecule has 122 valence electrons. The van der Waals surface area contributed by atoms with E-state index in [0.717, 1.165) is 5.56 Å². The first-order valence-corrected chi connectivity index (χ1v) is 7.29. The number of benzene rings is 2. The molecule has 0 unspecified atom stereocenters. The number of methoxy groups -OCH3 is 2. The van der Waals surface area contributed by atoms with E-state index in [9.17, 15) is 4.79 Å². The lowest BCUT2D eigenvalue weighted by Crippen LogP contribution is -2.30. The van der Waals surface area contributed by atoms with Gasteiger partial charge in [-0.05, 0) is 43.7 Å². The number of ether oxygens (including phenoxy) is 3. The van der Waals surface area contributed by atoms with Gasteiger partial charge in [0.2, 0.25) is 0 Å². The minimum absolute atomic E-state index is 0.237. The first-order chi connectivity index (χ1) is 11.0. The normalized spacial score (nSPS) is 11.5. The van der Waals surface area contributed by atoms with Crippen LogP contribution in [-0.4, -0.2) is 26.2 Å². The maximum atomic E-state index is 12.2. The summed E-state index contributed by atoms with van der Waals surface area (Å²) in [4.78, 5) is 12.2. The highest BCUT2D eigenvalue weighted by Gasteiger charge is 2.16. The lowest BCUT2D eigenvalue weighted by atomic mass is 10.2. The standard InChI is InChI=1S/C18H21NO4/c1-12-6-5-7-15(10-12)23-13(2)18(20)19-14-8-9-16(21-3)17(11-14)22-4/h5-11,13H,1-4H3,(H,19,20)/t13-/m0/s1. The monoisotopic (exact) mass is 315 g/mol. The fourth-order valence-electron chi connectivity index (χ4n) is 2.10. The van der Waals surface area contributed by atoms with Crippen LogP contribution in [0.3, 0.4) is 0 Å². The minimum atomic E-state index is -0.620. The number of hydrogen-bond acceptors (Lipinski definition) is 4. The summed E-state index contributed by atoms with van der Waals surface area (Å²) in [6, 6.07) is 12.8. The molecule has 2 aromatic rings. The largest absolute Gasteiger partial charge is 0.493 e. The predicted octanol–water partition coefficient (Wildman–Crippen LogP) is 3.42. The second-order valence-electron chi connectivity index (χ2n) is 5.14. The summed E-state index contributed by atoms with van der Waals surface area (Å²) < 4.78 is 16.1. The zero-order chi connectivity index (χ0) is 16.8. The van der Waals surface area contributed by atoms with Crippen molar-refractivity contribution < 1.29 is 19.0 Å². The molecule has 2 rings (SSSR count). The molecule has 0 bridgehead atoms. The van der Waals surface area contributed by atoms with E-state index in [0.29, 0.717) is 22.9 Å². The Bertz CT molecular complexity index is 684. The molecule has 0 spiro atoms. The maximum Gasteiger partial charge on any atom is 0.265 e. The smallest absolute Gasteiger partial charge is 0.265 e. The Morgan fingerprint density at radius 3 is 2.43 bits per heavy atom. The number of amides is 1. The molecule has 23 heavy (non-hydrogen) atoms. The van der Waals surface area contributed by atoms with Crippen LogP contribution in [0.15, 0.2) is 42.5 Å². The van der Waals surface area contributed by atoms with Crippen molar-refractivity contribution in [2.45, 2.75) is 20.0 Å². The van der Waals surface area contributed by atoms with E-state index in [1.54, 1.807) is 39.3 Å². The van der Waals surface area contributed by atoms with Crippen molar-refractivity contribution in [3.63, 3.8) is 0 Å². The number of hydrogen-bond donors (Lipinski definition) is 1. The highest BCUT2D eigenvalue weighted by molar-refractivity contribution is 5.94. The van der Waals surface area contributed by atoms with Crippen LogP contribution in [-0.2, 0) is 4.79 Å². The highest BCUT2D eigenvalue weighted by atomic mass is 16.5. The van der Waals surface area contributed by atoms with E-state index in [4.69, 9.17) is 14.2 Å². The predicted molar refractivity (Wildman–Crippen MR) is 89.4 cm³/mol. The molecule has 0 aliphatic carbocycles. The average Bonchev–Trinajstić information content (AvgIpc) is 2.54. The van der Waals surface area contributed by atoms with Crippen LogP contribution < -0.4 is 19.5 Å². The fraction of sp³-hybridized carbons (Fsp3) is 0.278. The van der Waals surface area contributed by atoms with Crippen molar-refractivity contribution in [1.82, 2.24) is 0 Å². The molecule has 0 radical (unpaired) electrons. The van der Waals surface area contributed by atoms with Crippen molar-refractivity contribution in [2.24, 2.45) is 0 Å². The summed E-state index contributed by atoms with van der Waals surface area (Å²) in [6.07, 6.45) is -0.620. The van der Waals surface area contributed by atoms with Crippen LogP contribution in [0.25, 0.3) is 0 Å². The van der Waals surface area contributed by atoms with E-state index < -0.39 is 6.10 Å². The van der Waals surface area contributed by atoms with Gasteiger partial charge in [-0.15, -0.1) is 0 Å². The van der Waals surface area contributed by atoms with Gasteiger partial charge in [-0.3, -0.25) is 4.79 Å². The van der Waals surface area contributed by atoms with E-state index in [1.807, 2.05) is 31.2 Å². The highest BCUT2D eigenvalue weighted by Crippen LogP contribution is 2.29. The number of carbonyl (C=O) groups excluding carboxylic acids is 1. The van der Waals surface area contributed by atoms with Gasteiger partial charge in [0.05, 0.1) is 14.2 Å². The summed E-state index contributed by atoms with van der Waals surface area (Å²) in [5.41, 5.74) is 1.70. The lowest BCUT2D eigenvalue weighted by Gasteiger charge is -2.16. The van der Waals surface area contributed by atoms with Gasteiger partial charge in [-0.25, -0.2) is 0 Å². The van der Waals surface area contributed by atoms with Crippen LogP contribution in [0.5, 0.6) is 17.2 Å². The van der Waals surface area contributed by atoms with E-state index in [-0.39, 0.29) is 5.91 Å². The lowest BCUT2D eigenvalue weighted by molar-refractivity contribution is -0.122. The first-order valence-electron chi connectivity index (χ1n) is 7.29. The van der Waals surface area contributed by atoms with Gasteiger partial charge in [0, 0.05) is 11.8 Å². The number of nitrogens with one attached hydrogen (secondary N) is 1. The quantitative estimate of drug-likeness (QED) is 0.887. The third kappa shape index (κ3) is 4.39. The molecule has 5 heteroatoms. The first kappa shape index (κ1) is 16.7. The maximum absolute atomic E-state index is 12.2. The summed E-state index contributed by atoms with van der Waals surface area (Å²) >= 11 is 0. The van der Waals surface area contributed by atoms with Gasteiger partial charge in [0.25, 0.3) is 5.91 Å². The van der Waals surface area contributed by atoms with Gasteiger partial charge in [-0.1, -0.05) is 12.1 Å². The summed E-state index contributed by atoms with van der Waals surface area (Å²) in [5.74, 6) is 1.59.